The molecule has 1 amide bonds. The van der Waals surface area contributed by atoms with Gasteiger partial charge in [-0.2, -0.15) is 8.42 Å². The molecular weight excluding hydrogens is 586 g/mol. The van der Waals surface area contributed by atoms with E-state index >= 15 is 0 Å². The van der Waals surface area contributed by atoms with Crippen molar-refractivity contribution in [2.75, 3.05) is 6.61 Å². The van der Waals surface area contributed by atoms with Gasteiger partial charge in [-0.1, -0.05) is 77.3 Å². The smallest absolute Gasteiger partial charge is 0.334 e. The Morgan fingerprint density at radius 1 is 0.846 bits per heavy atom. The minimum absolute atomic E-state index is 0.0555. The Bertz CT molecular complexity index is 1590. The van der Waals surface area contributed by atoms with E-state index in [1.165, 1.54) is 12.1 Å². The van der Waals surface area contributed by atoms with Crippen molar-refractivity contribution in [2.24, 2.45) is 0 Å². The van der Waals surface area contributed by atoms with Gasteiger partial charge in [0.15, 0.2) is 25.5 Å². The highest BCUT2D eigenvalue weighted by molar-refractivity contribution is 7.86. The first-order valence-corrected chi connectivity index (χ1v) is 14.2. The zero-order valence-corrected chi connectivity index (χ0v) is 23.5. The number of nitrogens with zero attached hydrogens (tertiary/aromatic N) is 2. The van der Waals surface area contributed by atoms with E-state index in [2.05, 4.69) is 0 Å². The van der Waals surface area contributed by atoms with Gasteiger partial charge in [-0.25, -0.2) is 4.57 Å². The van der Waals surface area contributed by atoms with Gasteiger partial charge in [-0.15, -0.1) is 3.89 Å². The summed E-state index contributed by atoms with van der Waals surface area (Å²) in [6.45, 7) is 0.402. The second-order valence-electron chi connectivity index (χ2n) is 8.65. The standard InChI is InChI=1S/C28H23Cl3FN2O4S/c29-24-12-11-23(14-26(24)31)38-19-27(35)34(16-20-6-2-1-3-7-20)17-21-8-5-13-33(15-21)18-22-9-4-10-25(30)28(22)39(32,36)37/h1-15H,16-19H2/q+1. The molecule has 0 aliphatic heterocycles. The lowest BCUT2D eigenvalue weighted by Crippen LogP contribution is -2.37. The fourth-order valence-electron chi connectivity index (χ4n) is 3.98. The number of amides is 1. The molecule has 0 saturated carbocycles. The molecule has 0 spiro atoms. The Morgan fingerprint density at radius 3 is 2.28 bits per heavy atom. The number of hydrogen-bond donors (Lipinski definition) is 0. The molecular formula is C28H23Cl3FN2O4S+. The lowest BCUT2D eigenvalue weighted by atomic mass is 10.2. The van der Waals surface area contributed by atoms with Crippen LogP contribution in [0.15, 0.2) is 96.2 Å². The van der Waals surface area contributed by atoms with E-state index in [-0.39, 0.29) is 36.2 Å². The molecule has 0 aliphatic rings. The van der Waals surface area contributed by atoms with Crippen molar-refractivity contribution < 1.29 is 26.4 Å². The Labute approximate surface area is 241 Å². The Hall–Kier alpha value is -3.17. The minimum Gasteiger partial charge on any atom is -0.484 e. The number of carbonyl (C=O) groups excluding carboxylic acids is 1. The second kappa shape index (κ2) is 12.8. The number of carbonyl (C=O) groups is 1. The molecule has 0 radical (unpaired) electrons. The number of aromatic nitrogens is 1. The minimum atomic E-state index is -5.02. The van der Waals surface area contributed by atoms with Gasteiger partial charge >= 0.3 is 10.2 Å². The maximum absolute atomic E-state index is 13.9. The third-order valence-electron chi connectivity index (χ3n) is 5.76. The van der Waals surface area contributed by atoms with Crippen LogP contribution in [0.5, 0.6) is 5.75 Å². The number of benzene rings is 3. The summed E-state index contributed by atoms with van der Waals surface area (Å²) in [7, 11) is -5.02. The first-order valence-electron chi connectivity index (χ1n) is 11.7. The topological polar surface area (TPSA) is 67.6 Å². The number of rotatable bonds is 10. The third-order valence-corrected chi connectivity index (χ3v) is 7.90. The first-order chi connectivity index (χ1) is 18.6. The predicted octanol–water partition coefficient (Wildman–Crippen LogP) is 6.25. The molecule has 0 aliphatic carbocycles. The zero-order chi connectivity index (χ0) is 28.0. The lowest BCUT2D eigenvalue weighted by molar-refractivity contribution is -0.689. The molecule has 1 heterocycles. The zero-order valence-electron chi connectivity index (χ0n) is 20.4. The van der Waals surface area contributed by atoms with Crippen LogP contribution in [0.1, 0.15) is 16.7 Å². The Morgan fingerprint density at radius 2 is 1.56 bits per heavy atom. The maximum atomic E-state index is 13.9. The monoisotopic (exact) mass is 607 g/mol. The van der Waals surface area contributed by atoms with Crippen molar-refractivity contribution >= 4 is 50.9 Å². The number of hydrogen-bond acceptors (Lipinski definition) is 4. The fourth-order valence-corrected chi connectivity index (χ4v) is 5.48. The number of pyridine rings is 1. The van der Waals surface area contributed by atoms with Gasteiger partial charge in [-0.3, -0.25) is 4.79 Å². The van der Waals surface area contributed by atoms with Gasteiger partial charge in [0, 0.05) is 29.8 Å². The number of ether oxygens (including phenoxy) is 1. The molecule has 0 saturated heterocycles. The van der Waals surface area contributed by atoms with Crippen molar-refractivity contribution in [3.05, 3.63) is 123 Å². The summed E-state index contributed by atoms with van der Waals surface area (Å²) < 4.78 is 44.7. The van der Waals surface area contributed by atoms with Gasteiger partial charge in [0.1, 0.15) is 10.6 Å². The van der Waals surface area contributed by atoms with Crippen LogP contribution in [0, 0.1) is 0 Å². The van der Waals surface area contributed by atoms with Crippen LogP contribution in [0.4, 0.5) is 3.89 Å². The summed E-state index contributed by atoms with van der Waals surface area (Å²) >= 11 is 18.0. The Kier molecular flexibility index (Phi) is 9.45. The van der Waals surface area contributed by atoms with Crippen molar-refractivity contribution in [3.63, 3.8) is 0 Å². The van der Waals surface area contributed by atoms with E-state index in [9.17, 15) is 17.1 Å². The van der Waals surface area contributed by atoms with Crippen LogP contribution in [-0.4, -0.2) is 25.8 Å². The molecule has 6 nitrogen and oxygen atoms in total. The SMILES string of the molecule is O=C(COc1ccc(Cl)c(Cl)c1)N(Cc1ccccc1)Cc1ccc[n+](Cc2cccc(Cl)c2S(=O)(=O)F)c1. The van der Waals surface area contributed by atoms with E-state index in [1.54, 1.807) is 52.2 Å². The van der Waals surface area contributed by atoms with Crippen LogP contribution in [0.3, 0.4) is 0 Å². The van der Waals surface area contributed by atoms with Crippen LogP contribution < -0.4 is 9.30 Å². The molecule has 202 valence electrons. The average molecular weight is 609 g/mol. The molecule has 3 aromatic carbocycles. The summed E-state index contributed by atoms with van der Waals surface area (Å²) in [6.07, 6.45) is 3.48. The van der Waals surface area contributed by atoms with Crippen molar-refractivity contribution in [2.45, 2.75) is 24.5 Å². The van der Waals surface area contributed by atoms with Gasteiger partial charge in [-0.05, 0) is 29.8 Å². The predicted molar refractivity (Wildman–Crippen MR) is 148 cm³/mol. The van der Waals surface area contributed by atoms with E-state index in [0.29, 0.717) is 22.3 Å². The highest BCUT2D eigenvalue weighted by atomic mass is 35.5. The van der Waals surface area contributed by atoms with Gasteiger partial charge in [0.2, 0.25) is 0 Å². The molecule has 11 heteroatoms. The normalized spacial score (nSPS) is 11.3. The Balaban J connectivity index is 1.55. The van der Waals surface area contributed by atoms with E-state index < -0.39 is 15.1 Å². The molecule has 39 heavy (non-hydrogen) atoms. The quantitative estimate of drug-likeness (QED) is 0.158. The van der Waals surface area contributed by atoms with Crippen molar-refractivity contribution in [1.29, 1.82) is 0 Å². The lowest BCUT2D eigenvalue weighted by Gasteiger charge is -2.23. The largest absolute Gasteiger partial charge is 0.484 e. The van der Waals surface area contributed by atoms with Crippen molar-refractivity contribution in [3.8, 4) is 5.75 Å². The maximum Gasteiger partial charge on any atom is 0.334 e. The molecule has 0 bridgehead atoms. The van der Waals surface area contributed by atoms with Gasteiger partial charge < -0.3 is 9.64 Å². The average Bonchev–Trinajstić information content (AvgIpc) is 2.89. The molecule has 0 N–H and O–H groups in total. The second-order valence-corrected chi connectivity index (χ2v) is 11.2. The molecule has 1 aromatic heterocycles. The first kappa shape index (κ1) is 28.8. The van der Waals surface area contributed by atoms with Crippen molar-refractivity contribution in [1.82, 2.24) is 4.90 Å². The summed E-state index contributed by atoms with van der Waals surface area (Å²) in [5.41, 5.74) is 1.91. The van der Waals surface area contributed by atoms with Crippen LogP contribution in [-0.2, 0) is 34.7 Å². The molecule has 0 fully saturated rings. The molecule has 0 atom stereocenters. The number of halogens is 4. The van der Waals surface area contributed by atoms with Crippen LogP contribution in [0.2, 0.25) is 15.1 Å². The summed E-state index contributed by atoms with van der Waals surface area (Å²) in [5.74, 6) is 0.149. The van der Waals surface area contributed by atoms with Gasteiger partial charge in [0.25, 0.3) is 5.91 Å². The third kappa shape index (κ3) is 7.92. The molecule has 4 rings (SSSR count). The molecule has 4 aromatic rings. The van der Waals surface area contributed by atoms with E-state index in [1.807, 2.05) is 36.4 Å². The van der Waals surface area contributed by atoms with E-state index in [0.717, 1.165) is 11.1 Å². The highest BCUT2D eigenvalue weighted by Gasteiger charge is 2.24. The summed E-state index contributed by atoms with van der Waals surface area (Å²) in [4.78, 5) is 14.3. The van der Waals surface area contributed by atoms with Crippen LogP contribution >= 0.6 is 34.8 Å². The fraction of sp³-hybridized carbons (Fsp3) is 0.143. The van der Waals surface area contributed by atoms with E-state index in [4.69, 9.17) is 39.5 Å². The van der Waals surface area contributed by atoms with Crippen LogP contribution in [0.25, 0.3) is 0 Å². The summed E-state index contributed by atoms with van der Waals surface area (Å²) in [5, 5.41) is 0.515. The molecule has 0 unspecified atom stereocenters. The highest BCUT2D eigenvalue weighted by Crippen LogP contribution is 2.27. The van der Waals surface area contributed by atoms with Gasteiger partial charge in [0.05, 0.1) is 21.6 Å². The summed E-state index contributed by atoms with van der Waals surface area (Å²) in [6, 6.07) is 22.3.